The van der Waals surface area contributed by atoms with Crippen LogP contribution < -0.4 is 5.32 Å². The van der Waals surface area contributed by atoms with Crippen molar-refractivity contribution in [1.82, 2.24) is 9.97 Å². The Hall–Kier alpha value is -1.64. The third-order valence-electron chi connectivity index (χ3n) is 2.60. The van der Waals surface area contributed by atoms with Crippen molar-refractivity contribution in [2.75, 3.05) is 11.9 Å². The van der Waals surface area contributed by atoms with Crippen LogP contribution in [0.25, 0.3) is 10.9 Å². The zero-order valence-corrected chi connectivity index (χ0v) is 7.83. The SMILES string of the molecule is c1cc2nc3c(cc2cn1)NCCC3. The first-order valence-electron chi connectivity index (χ1n) is 4.91. The van der Waals surface area contributed by atoms with Gasteiger partial charge in [0.15, 0.2) is 0 Å². The summed E-state index contributed by atoms with van der Waals surface area (Å²) in [7, 11) is 0. The number of nitrogens with zero attached hydrogens (tertiary/aromatic N) is 2. The topological polar surface area (TPSA) is 37.8 Å². The number of nitrogens with one attached hydrogen (secondary N) is 1. The van der Waals surface area contributed by atoms with Gasteiger partial charge in [0.1, 0.15) is 0 Å². The maximum absolute atomic E-state index is 4.61. The number of aromatic nitrogens is 2. The quantitative estimate of drug-likeness (QED) is 0.682. The van der Waals surface area contributed by atoms with E-state index in [1.54, 1.807) is 6.20 Å². The van der Waals surface area contributed by atoms with Crippen LogP contribution in [-0.4, -0.2) is 16.5 Å². The van der Waals surface area contributed by atoms with E-state index in [4.69, 9.17) is 0 Å². The van der Waals surface area contributed by atoms with Crippen LogP contribution >= 0.6 is 0 Å². The van der Waals surface area contributed by atoms with E-state index >= 15 is 0 Å². The summed E-state index contributed by atoms with van der Waals surface area (Å²) in [5, 5.41) is 4.48. The summed E-state index contributed by atoms with van der Waals surface area (Å²) in [5.41, 5.74) is 3.41. The highest BCUT2D eigenvalue weighted by Gasteiger charge is 2.10. The molecule has 0 saturated carbocycles. The van der Waals surface area contributed by atoms with E-state index in [0.717, 1.165) is 23.9 Å². The molecule has 2 aromatic heterocycles. The molecule has 3 heteroatoms. The molecule has 1 N–H and O–H groups in total. The van der Waals surface area contributed by atoms with Crippen LogP contribution in [0.2, 0.25) is 0 Å². The van der Waals surface area contributed by atoms with E-state index in [1.165, 1.54) is 17.8 Å². The maximum Gasteiger partial charge on any atom is 0.0737 e. The van der Waals surface area contributed by atoms with Crippen molar-refractivity contribution in [3.05, 3.63) is 30.2 Å². The van der Waals surface area contributed by atoms with Gasteiger partial charge in [-0.3, -0.25) is 9.97 Å². The molecule has 70 valence electrons. The minimum atomic E-state index is 1.04. The lowest BCUT2D eigenvalue weighted by atomic mass is 10.1. The minimum Gasteiger partial charge on any atom is -0.384 e. The van der Waals surface area contributed by atoms with Crippen LogP contribution in [0.3, 0.4) is 0 Å². The molecule has 3 nitrogen and oxygen atoms in total. The smallest absolute Gasteiger partial charge is 0.0737 e. The van der Waals surface area contributed by atoms with Crippen LogP contribution in [0.5, 0.6) is 0 Å². The molecule has 0 unspecified atom stereocenters. The van der Waals surface area contributed by atoms with E-state index in [0.29, 0.717) is 0 Å². The van der Waals surface area contributed by atoms with Gasteiger partial charge in [-0.1, -0.05) is 0 Å². The lowest BCUT2D eigenvalue weighted by molar-refractivity contribution is 0.807. The Balaban J connectivity index is 2.27. The van der Waals surface area contributed by atoms with Gasteiger partial charge in [-0.2, -0.15) is 0 Å². The van der Waals surface area contributed by atoms with Gasteiger partial charge in [-0.15, -0.1) is 0 Å². The highest BCUT2D eigenvalue weighted by molar-refractivity contribution is 5.81. The summed E-state index contributed by atoms with van der Waals surface area (Å²) >= 11 is 0. The number of rotatable bonds is 0. The molecule has 0 amide bonds. The Morgan fingerprint density at radius 3 is 3.36 bits per heavy atom. The van der Waals surface area contributed by atoms with Crippen LogP contribution in [0.15, 0.2) is 24.5 Å². The average molecular weight is 185 g/mol. The Bertz CT molecular complexity index is 434. The Morgan fingerprint density at radius 2 is 2.36 bits per heavy atom. The lowest BCUT2D eigenvalue weighted by Crippen LogP contribution is -2.12. The molecule has 1 aliphatic rings. The average Bonchev–Trinajstić information content (AvgIpc) is 2.26. The summed E-state index contributed by atoms with van der Waals surface area (Å²) < 4.78 is 0. The fourth-order valence-electron chi connectivity index (χ4n) is 1.88. The Morgan fingerprint density at radius 1 is 1.36 bits per heavy atom. The molecule has 3 heterocycles. The van der Waals surface area contributed by atoms with Gasteiger partial charge >= 0.3 is 0 Å². The van der Waals surface area contributed by atoms with Crippen molar-refractivity contribution in [3.63, 3.8) is 0 Å². The Kier molecular flexibility index (Phi) is 1.63. The molecule has 0 saturated heterocycles. The van der Waals surface area contributed by atoms with Gasteiger partial charge in [-0.25, -0.2) is 0 Å². The fraction of sp³-hybridized carbons (Fsp3) is 0.273. The molecule has 0 aromatic carbocycles. The Labute approximate surface area is 82.2 Å². The molecule has 3 rings (SSSR count). The number of aryl methyl sites for hydroxylation is 1. The summed E-state index contributed by atoms with van der Waals surface area (Å²) in [6.45, 7) is 1.06. The van der Waals surface area contributed by atoms with Crippen molar-refractivity contribution < 1.29 is 0 Å². The van der Waals surface area contributed by atoms with E-state index in [2.05, 4.69) is 21.4 Å². The van der Waals surface area contributed by atoms with Crippen LogP contribution in [0.1, 0.15) is 12.1 Å². The number of hydrogen-bond donors (Lipinski definition) is 1. The monoisotopic (exact) mass is 185 g/mol. The first kappa shape index (κ1) is 7.74. The molecule has 0 fully saturated rings. The molecule has 0 spiro atoms. The zero-order chi connectivity index (χ0) is 9.38. The van der Waals surface area contributed by atoms with E-state index in [1.807, 2.05) is 12.3 Å². The van der Waals surface area contributed by atoms with Crippen molar-refractivity contribution in [1.29, 1.82) is 0 Å². The van der Waals surface area contributed by atoms with Gasteiger partial charge in [0.05, 0.1) is 16.9 Å². The van der Waals surface area contributed by atoms with Crippen molar-refractivity contribution >= 4 is 16.6 Å². The molecule has 0 bridgehead atoms. The van der Waals surface area contributed by atoms with Crippen molar-refractivity contribution in [2.24, 2.45) is 0 Å². The molecule has 2 aromatic rings. The molecular formula is C11H11N3. The number of hydrogen-bond acceptors (Lipinski definition) is 3. The normalized spacial score (nSPS) is 14.9. The summed E-state index contributed by atoms with van der Waals surface area (Å²) in [4.78, 5) is 8.71. The van der Waals surface area contributed by atoms with Crippen molar-refractivity contribution in [3.8, 4) is 0 Å². The second kappa shape index (κ2) is 2.94. The molecule has 14 heavy (non-hydrogen) atoms. The third kappa shape index (κ3) is 1.13. The lowest BCUT2D eigenvalue weighted by Gasteiger charge is -2.17. The first-order valence-corrected chi connectivity index (χ1v) is 4.91. The summed E-state index contributed by atoms with van der Waals surface area (Å²) in [5.74, 6) is 0. The summed E-state index contributed by atoms with van der Waals surface area (Å²) in [6, 6.07) is 4.11. The number of anilines is 1. The predicted molar refractivity (Wildman–Crippen MR) is 56.3 cm³/mol. The van der Waals surface area contributed by atoms with Gasteiger partial charge in [0.25, 0.3) is 0 Å². The van der Waals surface area contributed by atoms with Crippen LogP contribution in [-0.2, 0) is 6.42 Å². The largest absolute Gasteiger partial charge is 0.384 e. The van der Waals surface area contributed by atoms with Gasteiger partial charge in [0, 0.05) is 24.3 Å². The molecule has 0 atom stereocenters. The van der Waals surface area contributed by atoms with Gasteiger partial charge in [0.2, 0.25) is 0 Å². The van der Waals surface area contributed by atoms with E-state index in [-0.39, 0.29) is 0 Å². The molecule has 0 aliphatic carbocycles. The standard InChI is InChI=1S/C11H11N3/c1-2-10-11(13-4-1)6-8-7-12-5-3-9(8)14-10/h3,5-7,13H,1-2,4H2. The number of fused-ring (bicyclic) bond motifs is 2. The molecule has 0 radical (unpaired) electrons. The van der Waals surface area contributed by atoms with Crippen LogP contribution in [0, 0.1) is 0 Å². The highest BCUT2D eigenvalue weighted by atomic mass is 14.9. The second-order valence-electron chi connectivity index (χ2n) is 3.58. The van der Waals surface area contributed by atoms with E-state index in [9.17, 15) is 0 Å². The second-order valence-corrected chi connectivity index (χ2v) is 3.58. The van der Waals surface area contributed by atoms with Crippen molar-refractivity contribution in [2.45, 2.75) is 12.8 Å². The molecule has 1 aliphatic heterocycles. The van der Waals surface area contributed by atoms with Crippen LogP contribution in [0.4, 0.5) is 5.69 Å². The minimum absolute atomic E-state index is 1.04. The molecular weight excluding hydrogens is 174 g/mol. The summed E-state index contributed by atoms with van der Waals surface area (Å²) in [6.07, 6.45) is 5.91. The maximum atomic E-state index is 4.61. The highest BCUT2D eigenvalue weighted by Crippen LogP contribution is 2.23. The van der Waals surface area contributed by atoms with Gasteiger partial charge < -0.3 is 5.32 Å². The van der Waals surface area contributed by atoms with Gasteiger partial charge in [-0.05, 0) is 25.0 Å². The number of pyridine rings is 2. The van der Waals surface area contributed by atoms with E-state index < -0.39 is 0 Å². The third-order valence-corrected chi connectivity index (χ3v) is 2.60. The fourth-order valence-corrected chi connectivity index (χ4v) is 1.88. The first-order chi connectivity index (χ1) is 6.93. The predicted octanol–water partition coefficient (Wildman–Crippen LogP) is 1.99. The zero-order valence-electron chi connectivity index (χ0n) is 7.83.